The van der Waals surface area contributed by atoms with Crippen LogP contribution < -0.4 is 5.32 Å². The minimum atomic E-state index is -0.0944. The summed E-state index contributed by atoms with van der Waals surface area (Å²) in [6.45, 7) is 9.38. The van der Waals surface area contributed by atoms with E-state index >= 15 is 0 Å². The van der Waals surface area contributed by atoms with Gasteiger partial charge in [-0.15, -0.1) is 0 Å². The van der Waals surface area contributed by atoms with Crippen molar-refractivity contribution >= 4 is 0 Å². The predicted molar refractivity (Wildman–Crippen MR) is 87.1 cm³/mol. The van der Waals surface area contributed by atoms with Gasteiger partial charge in [0.15, 0.2) is 0 Å². The van der Waals surface area contributed by atoms with Crippen LogP contribution >= 0.6 is 0 Å². The zero-order valence-electron chi connectivity index (χ0n) is 13.7. The maximum Gasteiger partial charge on any atom is 0.126 e. The van der Waals surface area contributed by atoms with Crippen molar-refractivity contribution in [3.05, 3.63) is 35.1 Å². The summed E-state index contributed by atoms with van der Waals surface area (Å²) < 4.78 is 13.8. The van der Waals surface area contributed by atoms with Crippen LogP contribution in [0.5, 0.6) is 0 Å². The Hall–Kier alpha value is -0.930. The first-order valence-electron chi connectivity index (χ1n) is 8.39. The topological polar surface area (TPSA) is 15.3 Å². The minimum Gasteiger partial charge on any atom is -0.310 e. The molecule has 1 saturated carbocycles. The highest BCUT2D eigenvalue weighted by Gasteiger charge is 2.28. The predicted octanol–water partition coefficient (Wildman–Crippen LogP) is 4.05. The van der Waals surface area contributed by atoms with E-state index in [0.29, 0.717) is 0 Å². The molecule has 1 aliphatic carbocycles. The van der Waals surface area contributed by atoms with Gasteiger partial charge < -0.3 is 10.2 Å². The highest BCUT2D eigenvalue weighted by Crippen LogP contribution is 2.28. The van der Waals surface area contributed by atoms with E-state index in [2.05, 4.69) is 30.1 Å². The molecule has 1 fully saturated rings. The molecule has 1 aromatic rings. The molecule has 0 heterocycles. The Morgan fingerprint density at radius 3 is 2.62 bits per heavy atom. The van der Waals surface area contributed by atoms with Crippen LogP contribution in [-0.4, -0.2) is 30.6 Å². The molecule has 0 amide bonds. The highest BCUT2D eigenvalue weighted by atomic mass is 19.1. The van der Waals surface area contributed by atoms with Gasteiger partial charge in [0.25, 0.3) is 0 Å². The molecule has 1 aliphatic rings. The number of benzene rings is 1. The molecule has 0 aromatic heterocycles. The van der Waals surface area contributed by atoms with E-state index in [1.165, 1.54) is 25.8 Å². The lowest BCUT2D eigenvalue weighted by atomic mass is 10.0. The van der Waals surface area contributed by atoms with Crippen LogP contribution in [-0.2, 0) is 0 Å². The fourth-order valence-corrected chi connectivity index (χ4v) is 2.96. The molecule has 0 radical (unpaired) electrons. The Morgan fingerprint density at radius 1 is 1.29 bits per heavy atom. The van der Waals surface area contributed by atoms with Crippen LogP contribution in [0, 0.1) is 12.7 Å². The lowest BCUT2D eigenvalue weighted by Gasteiger charge is -2.25. The van der Waals surface area contributed by atoms with Crippen molar-refractivity contribution in [2.24, 2.45) is 0 Å². The highest BCUT2D eigenvalue weighted by molar-refractivity contribution is 5.25. The third-order valence-corrected chi connectivity index (χ3v) is 4.33. The second kappa shape index (κ2) is 7.90. The average molecular weight is 292 g/mol. The third-order valence-electron chi connectivity index (χ3n) is 4.33. The minimum absolute atomic E-state index is 0.0944. The molecular weight excluding hydrogens is 263 g/mol. The van der Waals surface area contributed by atoms with Gasteiger partial charge in [0.1, 0.15) is 5.82 Å². The standard InChI is InChI=1S/C18H29FN2/c1-4-11-21(16-8-9-16)12-10-18(20-5-2)15-7-6-14(3)17(19)13-15/h6-7,13,16,18,20H,4-5,8-12H2,1-3H3. The first-order chi connectivity index (χ1) is 10.2. The Bertz CT molecular complexity index is 443. The summed E-state index contributed by atoms with van der Waals surface area (Å²) in [6, 6.07) is 6.71. The smallest absolute Gasteiger partial charge is 0.126 e. The summed E-state index contributed by atoms with van der Waals surface area (Å²) in [5.74, 6) is -0.0944. The Labute approximate surface area is 128 Å². The fourth-order valence-electron chi connectivity index (χ4n) is 2.96. The van der Waals surface area contributed by atoms with Crippen molar-refractivity contribution in [1.29, 1.82) is 0 Å². The first kappa shape index (κ1) is 16.4. The SMILES string of the molecule is CCCN(CCC(NCC)c1ccc(C)c(F)c1)C1CC1. The molecule has 1 aromatic carbocycles. The Morgan fingerprint density at radius 2 is 2.05 bits per heavy atom. The summed E-state index contributed by atoms with van der Waals surface area (Å²) in [7, 11) is 0. The molecule has 0 saturated heterocycles. The number of aryl methyl sites for hydroxylation is 1. The van der Waals surface area contributed by atoms with Crippen molar-refractivity contribution in [3.8, 4) is 0 Å². The second-order valence-corrected chi connectivity index (χ2v) is 6.17. The van der Waals surface area contributed by atoms with E-state index in [1.54, 1.807) is 6.07 Å². The first-order valence-corrected chi connectivity index (χ1v) is 8.39. The summed E-state index contributed by atoms with van der Waals surface area (Å²) in [5, 5.41) is 3.51. The summed E-state index contributed by atoms with van der Waals surface area (Å²) in [4.78, 5) is 2.61. The quantitative estimate of drug-likeness (QED) is 0.738. The van der Waals surface area contributed by atoms with Gasteiger partial charge in [-0.25, -0.2) is 4.39 Å². The average Bonchev–Trinajstić information content (AvgIpc) is 3.29. The van der Waals surface area contributed by atoms with Gasteiger partial charge in [0, 0.05) is 18.6 Å². The van der Waals surface area contributed by atoms with Gasteiger partial charge in [-0.05, 0) is 62.9 Å². The lowest BCUT2D eigenvalue weighted by Crippen LogP contribution is -2.31. The number of nitrogens with one attached hydrogen (secondary N) is 1. The molecule has 3 heteroatoms. The number of hydrogen-bond donors (Lipinski definition) is 1. The normalized spacial score (nSPS) is 16.4. The van der Waals surface area contributed by atoms with Crippen molar-refractivity contribution in [3.63, 3.8) is 0 Å². The molecule has 118 valence electrons. The molecule has 2 nitrogen and oxygen atoms in total. The summed E-state index contributed by atoms with van der Waals surface area (Å²) >= 11 is 0. The zero-order valence-corrected chi connectivity index (χ0v) is 13.7. The van der Waals surface area contributed by atoms with E-state index in [-0.39, 0.29) is 11.9 Å². The van der Waals surface area contributed by atoms with Crippen LogP contribution in [0.15, 0.2) is 18.2 Å². The molecule has 1 atom stereocenters. The van der Waals surface area contributed by atoms with Crippen molar-refractivity contribution in [2.45, 2.75) is 58.5 Å². The molecular formula is C18H29FN2. The van der Waals surface area contributed by atoms with Crippen LogP contribution in [0.25, 0.3) is 0 Å². The monoisotopic (exact) mass is 292 g/mol. The van der Waals surface area contributed by atoms with Crippen molar-refractivity contribution in [2.75, 3.05) is 19.6 Å². The van der Waals surface area contributed by atoms with E-state index in [1.807, 2.05) is 13.0 Å². The van der Waals surface area contributed by atoms with Crippen molar-refractivity contribution < 1.29 is 4.39 Å². The summed E-state index contributed by atoms with van der Waals surface area (Å²) in [5.41, 5.74) is 1.80. The van der Waals surface area contributed by atoms with Crippen LogP contribution in [0.3, 0.4) is 0 Å². The number of hydrogen-bond acceptors (Lipinski definition) is 2. The molecule has 1 unspecified atom stereocenters. The number of rotatable bonds is 9. The molecule has 1 N–H and O–H groups in total. The van der Waals surface area contributed by atoms with E-state index in [4.69, 9.17) is 0 Å². The molecule has 21 heavy (non-hydrogen) atoms. The van der Waals surface area contributed by atoms with Gasteiger partial charge in [-0.1, -0.05) is 26.0 Å². The van der Waals surface area contributed by atoms with Gasteiger partial charge >= 0.3 is 0 Å². The number of nitrogens with zero attached hydrogens (tertiary/aromatic N) is 1. The maximum atomic E-state index is 13.8. The largest absolute Gasteiger partial charge is 0.310 e. The van der Waals surface area contributed by atoms with E-state index < -0.39 is 0 Å². The molecule has 0 spiro atoms. The second-order valence-electron chi connectivity index (χ2n) is 6.17. The van der Waals surface area contributed by atoms with Gasteiger partial charge in [-0.3, -0.25) is 0 Å². The Balaban J connectivity index is 1.98. The van der Waals surface area contributed by atoms with Gasteiger partial charge in [0.05, 0.1) is 0 Å². The fraction of sp³-hybridized carbons (Fsp3) is 0.667. The molecule has 0 bridgehead atoms. The van der Waals surface area contributed by atoms with Gasteiger partial charge in [0.2, 0.25) is 0 Å². The Kier molecular flexibility index (Phi) is 6.19. The third kappa shape index (κ3) is 4.79. The zero-order chi connectivity index (χ0) is 15.2. The molecule has 2 rings (SSSR count). The number of halogens is 1. The lowest BCUT2D eigenvalue weighted by molar-refractivity contribution is 0.247. The van der Waals surface area contributed by atoms with E-state index in [9.17, 15) is 4.39 Å². The van der Waals surface area contributed by atoms with E-state index in [0.717, 1.165) is 36.7 Å². The summed E-state index contributed by atoms with van der Waals surface area (Å²) in [6.07, 6.45) is 4.96. The van der Waals surface area contributed by atoms with Gasteiger partial charge in [-0.2, -0.15) is 0 Å². The van der Waals surface area contributed by atoms with Crippen LogP contribution in [0.2, 0.25) is 0 Å². The maximum absolute atomic E-state index is 13.8. The van der Waals surface area contributed by atoms with Crippen LogP contribution in [0.4, 0.5) is 4.39 Å². The van der Waals surface area contributed by atoms with Crippen molar-refractivity contribution in [1.82, 2.24) is 10.2 Å². The van der Waals surface area contributed by atoms with Crippen LogP contribution in [0.1, 0.15) is 56.7 Å². The molecule has 0 aliphatic heterocycles.